The lowest BCUT2D eigenvalue weighted by molar-refractivity contribution is 0.102. The smallest absolute Gasteiger partial charge is 0.257 e. The number of carbonyl (C=O) groups is 1. The maximum absolute atomic E-state index is 12.4. The number of carbonyl (C=O) groups excluding carboxylic acids is 1. The number of rotatable bonds is 6. The Hall–Kier alpha value is -2.33. The van der Waals surface area contributed by atoms with Gasteiger partial charge in [0.2, 0.25) is 10.0 Å². The third kappa shape index (κ3) is 4.22. The summed E-state index contributed by atoms with van der Waals surface area (Å²) in [6, 6.07) is 13.4. The number of hydrogen-bond acceptors (Lipinski definition) is 6. The van der Waals surface area contributed by atoms with E-state index in [0.29, 0.717) is 17.3 Å². The van der Waals surface area contributed by atoms with E-state index in [1.807, 2.05) is 24.3 Å². The number of para-hydroxylation sites is 1. The van der Waals surface area contributed by atoms with Gasteiger partial charge in [-0.25, -0.2) is 18.1 Å². The number of sulfonamides is 1. The Morgan fingerprint density at radius 2 is 1.96 bits per heavy atom. The fourth-order valence-electron chi connectivity index (χ4n) is 2.97. The first kappa shape index (κ1) is 19.0. The van der Waals surface area contributed by atoms with Gasteiger partial charge in [0.05, 0.1) is 21.2 Å². The molecule has 28 heavy (non-hydrogen) atoms. The molecule has 0 spiro atoms. The van der Waals surface area contributed by atoms with Gasteiger partial charge in [-0.1, -0.05) is 23.5 Å². The van der Waals surface area contributed by atoms with Crippen LogP contribution in [0.1, 0.15) is 23.2 Å². The molecule has 0 bridgehead atoms. The molecule has 2 aromatic carbocycles. The zero-order valence-corrected chi connectivity index (χ0v) is 16.6. The van der Waals surface area contributed by atoms with Gasteiger partial charge in [0.25, 0.3) is 5.91 Å². The Kier molecular flexibility index (Phi) is 5.40. The maximum Gasteiger partial charge on any atom is 0.257 e. The van der Waals surface area contributed by atoms with Gasteiger partial charge in [-0.3, -0.25) is 10.1 Å². The van der Waals surface area contributed by atoms with E-state index >= 15 is 0 Å². The van der Waals surface area contributed by atoms with Crippen LogP contribution in [0.4, 0.5) is 5.13 Å². The second-order valence-electron chi connectivity index (χ2n) is 6.45. The molecular weight excluding hydrogens is 398 g/mol. The van der Waals surface area contributed by atoms with Crippen molar-refractivity contribution in [2.45, 2.75) is 23.8 Å². The first-order valence-corrected chi connectivity index (χ1v) is 11.2. The molecular formula is C19H19N3O4S2. The van der Waals surface area contributed by atoms with E-state index in [1.165, 1.54) is 35.6 Å². The summed E-state index contributed by atoms with van der Waals surface area (Å²) in [5.74, 6) is -0.338. The number of thiazole rings is 1. The highest BCUT2D eigenvalue weighted by atomic mass is 32.2. The molecule has 146 valence electrons. The van der Waals surface area contributed by atoms with E-state index in [0.717, 1.165) is 23.1 Å². The van der Waals surface area contributed by atoms with Crippen molar-refractivity contribution in [1.82, 2.24) is 9.71 Å². The monoisotopic (exact) mass is 417 g/mol. The topological polar surface area (TPSA) is 97.4 Å². The van der Waals surface area contributed by atoms with Crippen molar-refractivity contribution in [3.63, 3.8) is 0 Å². The molecule has 4 rings (SSSR count). The van der Waals surface area contributed by atoms with E-state index in [1.54, 1.807) is 0 Å². The summed E-state index contributed by atoms with van der Waals surface area (Å²) in [6.07, 6.45) is 1.73. The van der Waals surface area contributed by atoms with Gasteiger partial charge in [0, 0.05) is 18.7 Å². The number of amides is 1. The number of ether oxygens (including phenoxy) is 1. The fraction of sp³-hybridized carbons (Fsp3) is 0.263. The third-order valence-corrected chi connectivity index (χ3v) is 6.86. The lowest BCUT2D eigenvalue weighted by Gasteiger charge is -2.11. The van der Waals surface area contributed by atoms with Gasteiger partial charge in [0.1, 0.15) is 0 Å². The maximum atomic E-state index is 12.4. The van der Waals surface area contributed by atoms with Gasteiger partial charge in [-0.15, -0.1) is 0 Å². The van der Waals surface area contributed by atoms with E-state index in [2.05, 4.69) is 15.0 Å². The Morgan fingerprint density at radius 3 is 2.68 bits per heavy atom. The molecule has 3 aromatic rings. The van der Waals surface area contributed by atoms with Gasteiger partial charge >= 0.3 is 0 Å². The van der Waals surface area contributed by atoms with Crippen LogP contribution < -0.4 is 10.0 Å². The Bertz CT molecular complexity index is 1050. The van der Waals surface area contributed by atoms with E-state index in [-0.39, 0.29) is 23.5 Å². The summed E-state index contributed by atoms with van der Waals surface area (Å²) in [7, 11) is -3.64. The molecule has 0 radical (unpaired) electrons. The minimum absolute atomic E-state index is 0.0753. The second-order valence-corrected chi connectivity index (χ2v) is 9.25. The van der Waals surface area contributed by atoms with Crippen molar-refractivity contribution < 1.29 is 17.9 Å². The van der Waals surface area contributed by atoms with Crippen LogP contribution in [0.3, 0.4) is 0 Å². The van der Waals surface area contributed by atoms with Crippen molar-refractivity contribution in [3.8, 4) is 0 Å². The van der Waals surface area contributed by atoms with Crippen LogP contribution >= 0.6 is 11.3 Å². The normalized spacial score (nSPS) is 17.1. The number of benzene rings is 2. The average Bonchev–Trinajstić information content (AvgIpc) is 3.35. The Morgan fingerprint density at radius 1 is 1.18 bits per heavy atom. The molecule has 1 aliphatic heterocycles. The number of anilines is 1. The van der Waals surface area contributed by atoms with E-state index in [9.17, 15) is 13.2 Å². The molecule has 2 heterocycles. The molecule has 0 saturated carbocycles. The number of nitrogens with zero attached hydrogens (tertiary/aromatic N) is 1. The van der Waals surface area contributed by atoms with Gasteiger partial charge in [0.15, 0.2) is 5.13 Å². The summed E-state index contributed by atoms with van der Waals surface area (Å²) >= 11 is 1.39. The fourth-order valence-corrected chi connectivity index (χ4v) is 4.90. The van der Waals surface area contributed by atoms with Crippen LogP contribution in [0.5, 0.6) is 0 Å². The summed E-state index contributed by atoms with van der Waals surface area (Å²) in [4.78, 5) is 16.9. The molecule has 2 N–H and O–H groups in total. The van der Waals surface area contributed by atoms with Crippen molar-refractivity contribution in [2.75, 3.05) is 18.5 Å². The summed E-state index contributed by atoms with van der Waals surface area (Å²) in [5.41, 5.74) is 1.18. The largest absolute Gasteiger partial charge is 0.377 e. The predicted octanol–water partition coefficient (Wildman–Crippen LogP) is 3.01. The lowest BCUT2D eigenvalue weighted by Crippen LogP contribution is -2.31. The number of nitrogens with one attached hydrogen (secondary N) is 2. The SMILES string of the molecule is O=C(Nc1nc2ccccc2s1)c1ccc(S(=O)(=O)NCC2CCCO2)cc1. The third-order valence-electron chi connectivity index (χ3n) is 4.47. The van der Waals surface area contributed by atoms with Crippen molar-refractivity contribution in [1.29, 1.82) is 0 Å². The van der Waals surface area contributed by atoms with Crippen molar-refractivity contribution in [2.24, 2.45) is 0 Å². The molecule has 1 aliphatic rings. The molecule has 9 heteroatoms. The first-order valence-electron chi connectivity index (χ1n) is 8.89. The minimum Gasteiger partial charge on any atom is -0.377 e. The average molecular weight is 418 g/mol. The van der Waals surface area contributed by atoms with Crippen LogP contribution in [0.25, 0.3) is 10.2 Å². The van der Waals surface area contributed by atoms with Crippen LogP contribution in [0, 0.1) is 0 Å². The summed E-state index contributed by atoms with van der Waals surface area (Å²) in [6.45, 7) is 0.924. The van der Waals surface area contributed by atoms with Gasteiger partial charge in [-0.2, -0.15) is 0 Å². The standard InChI is InChI=1S/C19H19N3O4S2/c23-18(22-19-21-16-5-1-2-6-17(16)27-19)13-7-9-15(10-8-13)28(24,25)20-12-14-4-3-11-26-14/h1-2,5-10,14,20H,3-4,11-12H2,(H,21,22,23). The van der Waals surface area contributed by atoms with Crippen LogP contribution in [-0.2, 0) is 14.8 Å². The van der Waals surface area contributed by atoms with Gasteiger partial charge in [-0.05, 0) is 49.2 Å². The van der Waals surface area contributed by atoms with Crippen molar-refractivity contribution >= 4 is 42.6 Å². The minimum atomic E-state index is -3.64. The van der Waals surface area contributed by atoms with E-state index < -0.39 is 10.0 Å². The molecule has 1 unspecified atom stereocenters. The van der Waals surface area contributed by atoms with Crippen LogP contribution in [-0.4, -0.2) is 38.6 Å². The molecule has 1 amide bonds. The number of aromatic nitrogens is 1. The molecule has 1 atom stereocenters. The Balaban J connectivity index is 1.42. The summed E-state index contributed by atoms with van der Waals surface area (Å²) < 4.78 is 33.7. The lowest BCUT2D eigenvalue weighted by atomic mass is 10.2. The number of fused-ring (bicyclic) bond motifs is 1. The zero-order valence-electron chi connectivity index (χ0n) is 14.9. The highest BCUT2D eigenvalue weighted by Gasteiger charge is 2.20. The molecule has 1 fully saturated rings. The van der Waals surface area contributed by atoms with Crippen LogP contribution in [0.15, 0.2) is 53.4 Å². The molecule has 1 saturated heterocycles. The Labute approximate surface area is 166 Å². The molecule has 7 nitrogen and oxygen atoms in total. The van der Waals surface area contributed by atoms with E-state index in [4.69, 9.17) is 4.74 Å². The van der Waals surface area contributed by atoms with Crippen molar-refractivity contribution in [3.05, 3.63) is 54.1 Å². The molecule has 0 aliphatic carbocycles. The number of hydrogen-bond donors (Lipinski definition) is 2. The first-order chi connectivity index (χ1) is 13.5. The highest BCUT2D eigenvalue weighted by molar-refractivity contribution is 7.89. The van der Waals surface area contributed by atoms with Crippen LogP contribution in [0.2, 0.25) is 0 Å². The predicted molar refractivity (Wildman–Crippen MR) is 108 cm³/mol. The quantitative estimate of drug-likeness (QED) is 0.643. The highest BCUT2D eigenvalue weighted by Crippen LogP contribution is 2.25. The van der Waals surface area contributed by atoms with Gasteiger partial charge < -0.3 is 4.74 Å². The summed E-state index contributed by atoms with van der Waals surface area (Å²) in [5, 5.41) is 3.26. The second kappa shape index (κ2) is 7.96. The zero-order chi connectivity index (χ0) is 19.6. The molecule has 1 aromatic heterocycles.